The van der Waals surface area contributed by atoms with E-state index in [2.05, 4.69) is 0 Å². The third-order valence-corrected chi connectivity index (χ3v) is 10.2. The highest BCUT2D eigenvalue weighted by Gasteiger charge is 2.53. The molecule has 0 bridgehead atoms. The van der Waals surface area contributed by atoms with Gasteiger partial charge in [-0.25, -0.2) is 18.7 Å². The molecule has 0 aromatic rings. The summed E-state index contributed by atoms with van der Waals surface area (Å²) in [4.78, 5) is 26.3. The average molecular weight is 573 g/mol. The van der Waals surface area contributed by atoms with E-state index < -0.39 is 76.1 Å². The van der Waals surface area contributed by atoms with Gasteiger partial charge in [0.1, 0.15) is 12.1 Å². The molecule has 0 aromatic carbocycles. The van der Waals surface area contributed by atoms with Crippen molar-refractivity contribution in [3.63, 3.8) is 0 Å². The van der Waals surface area contributed by atoms with Crippen molar-refractivity contribution in [1.29, 1.82) is 0 Å². The molecule has 2 aliphatic heterocycles. The maximum absolute atomic E-state index is 13.6. The summed E-state index contributed by atoms with van der Waals surface area (Å²) >= 11 is 0. The van der Waals surface area contributed by atoms with Crippen LogP contribution in [0.3, 0.4) is 0 Å². The smallest absolute Gasteiger partial charge is 0.392 e. The van der Waals surface area contributed by atoms with Gasteiger partial charge in [0.2, 0.25) is 0 Å². The van der Waals surface area contributed by atoms with E-state index in [0.29, 0.717) is 0 Å². The summed E-state index contributed by atoms with van der Waals surface area (Å²) in [6.45, 7) is 12.8. The van der Waals surface area contributed by atoms with Crippen molar-refractivity contribution in [2.45, 2.75) is 117 Å². The van der Waals surface area contributed by atoms with Gasteiger partial charge in [0, 0.05) is 25.9 Å². The van der Waals surface area contributed by atoms with E-state index in [9.17, 15) is 28.9 Å². The minimum Gasteiger partial charge on any atom is -0.392 e. The van der Waals surface area contributed by atoms with E-state index in [1.807, 2.05) is 0 Å². The zero-order valence-corrected chi connectivity index (χ0v) is 24.6. The zero-order chi connectivity index (χ0) is 28.3. The van der Waals surface area contributed by atoms with Crippen LogP contribution in [0.4, 0.5) is 0 Å². The monoisotopic (exact) mass is 572 g/mol. The van der Waals surface area contributed by atoms with Crippen LogP contribution in [0.15, 0.2) is 0 Å². The van der Waals surface area contributed by atoms with Crippen molar-refractivity contribution in [1.82, 2.24) is 9.34 Å². The topological polar surface area (TPSA) is 161 Å². The molecule has 2 saturated heterocycles. The van der Waals surface area contributed by atoms with E-state index in [4.69, 9.17) is 22.8 Å². The Morgan fingerprint density at radius 2 is 0.919 bits per heavy atom. The molecule has 15 heteroatoms. The molecule has 0 saturated carbocycles. The quantitative estimate of drug-likeness (QED) is 0.200. The van der Waals surface area contributed by atoms with E-state index >= 15 is 0 Å². The Morgan fingerprint density at radius 3 is 1.16 bits per heavy atom. The number of aliphatic hydroxyl groups excluding tert-OH is 2. The van der Waals surface area contributed by atoms with Crippen LogP contribution in [0, 0.1) is 0 Å². The van der Waals surface area contributed by atoms with Crippen molar-refractivity contribution in [2.75, 3.05) is 13.1 Å². The highest BCUT2D eigenvalue weighted by Crippen LogP contribution is 2.58. The SMILES string of the molecule is CC(C)OP(=O)(OC(C)C)N1C[C@H](O)C[C@H]1C(=O)OC(=O)[C@@H]1C[C@@H](O)CN1P(=O)(OC(C)C)OC(C)C. The summed E-state index contributed by atoms with van der Waals surface area (Å²) in [5.41, 5.74) is 0. The predicted molar refractivity (Wildman–Crippen MR) is 133 cm³/mol. The zero-order valence-electron chi connectivity index (χ0n) is 22.8. The molecule has 0 aromatic heterocycles. The van der Waals surface area contributed by atoms with E-state index in [-0.39, 0.29) is 25.9 Å². The molecule has 13 nitrogen and oxygen atoms in total. The highest BCUT2D eigenvalue weighted by molar-refractivity contribution is 7.51. The van der Waals surface area contributed by atoms with Gasteiger partial charge < -0.3 is 14.9 Å². The Morgan fingerprint density at radius 1 is 0.649 bits per heavy atom. The summed E-state index contributed by atoms with van der Waals surface area (Å²) < 4.78 is 56.9. The first kappa shape index (κ1) is 32.5. The number of hydrogen-bond donors (Lipinski definition) is 2. The lowest BCUT2D eigenvalue weighted by Gasteiger charge is -2.33. The van der Waals surface area contributed by atoms with Gasteiger partial charge in [0.25, 0.3) is 0 Å². The van der Waals surface area contributed by atoms with Crippen molar-refractivity contribution < 1.29 is 51.8 Å². The maximum Gasteiger partial charge on any atom is 0.409 e. The number of hydrogen-bond acceptors (Lipinski definition) is 11. The van der Waals surface area contributed by atoms with Gasteiger partial charge in [-0.3, -0.25) is 18.1 Å². The number of rotatable bonds is 12. The molecule has 2 heterocycles. The van der Waals surface area contributed by atoms with Gasteiger partial charge in [0.05, 0.1) is 36.6 Å². The lowest BCUT2D eigenvalue weighted by molar-refractivity contribution is -0.165. The van der Waals surface area contributed by atoms with Crippen LogP contribution in [0.25, 0.3) is 0 Å². The molecule has 37 heavy (non-hydrogen) atoms. The minimum absolute atomic E-state index is 0.165. The maximum atomic E-state index is 13.6. The van der Waals surface area contributed by atoms with Gasteiger partial charge in [-0.1, -0.05) is 0 Å². The lowest BCUT2D eigenvalue weighted by Crippen LogP contribution is -2.42. The predicted octanol–water partition coefficient (Wildman–Crippen LogP) is 2.84. The molecule has 0 radical (unpaired) electrons. The van der Waals surface area contributed by atoms with E-state index in [0.717, 1.165) is 9.34 Å². The first-order chi connectivity index (χ1) is 17.0. The first-order valence-electron chi connectivity index (χ1n) is 12.6. The molecule has 2 rings (SSSR count). The third-order valence-electron chi connectivity index (χ3n) is 5.26. The van der Waals surface area contributed by atoms with Crippen LogP contribution >= 0.6 is 15.5 Å². The summed E-state index contributed by atoms with van der Waals surface area (Å²) in [7, 11) is -8.10. The summed E-state index contributed by atoms with van der Waals surface area (Å²) in [6, 6.07) is -2.60. The summed E-state index contributed by atoms with van der Waals surface area (Å²) in [5.74, 6) is -2.15. The second-order valence-electron chi connectivity index (χ2n) is 10.3. The first-order valence-corrected chi connectivity index (χ1v) is 15.6. The molecular formula is C22H42N2O11P2. The van der Waals surface area contributed by atoms with Crippen LogP contribution in [0.1, 0.15) is 68.2 Å². The van der Waals surface area contributed by atoms with Crippen LogP contribution in [0.2, 0.25) is 0 Å². The number of nitrogens with zero attached hydrogens (tertiary/aromatic N) is 2. The molecule has 2 N–H and O–H groups in total. The van der Waals surface area contributed by atoms with E-state index in [1.54, 1.807) is 55.4 Å². The minimum atomic E-state index is -4.05. The van der Waals surface area contributed by atoms with Gasteiger partial charge >= 0.3 is 27.4 Å². The highest BCUT2D eigenvalue weighted by atomic mass is 31.2. The number of carbonyl (C=O) groups is 2. The van der Waals surface area contributed by atoms with Gasteiger partial charge in [-0.15, -0.1) is 0 Å². The van der Waals surface area contributed by atoms with Gasteiger partial charge in [-0.2, -0.15) is 9.34 Å². The molecule has 0 amide bonds. The molecule has 0 aliphatic carbocycles. The second kappa shape index (κ2) is 13.1. The van der Waals surface area contributed by atoms with E-state index in [1.165, 1.54) is 0 Å². The number of ether oxygens (including phenoxy) is 1. The van der Waals surface area contributed by atoms with Crippen LogP contribution in [-0.4, -0.2) is 93.3 Å². The molecule has 4 atom stereocenters. The molecule has 2 fully saturated rings. The molecule has 0 unspecified atom stereocenters. The Labute approximate surface area is 218 Å². The lowest BCUT2D eigenvalue weighted by atomic mass is 10.2. The Balaban J connectivity index is 2.28. The number of β-amino-alcohol motifs (C(OH)–C–C–N with tert-alkyl or cyclic N) is 2. The number of carbonyl (C=O) groups excluding carboxylic acids is 2. The van der Waals surface area contributed by atoms with Crippen LogP contribution < -0.4 is 0 Å². The van der Waals surface area contributed by atoms with Gasteiger partial charge in [0.15, 0.2) is 0 Å². The summed E-state index contributed by atoms with van der Waals surface area (Å²) in [5, 5.41) is 20.5. The third kappa shape index (κ3) is 8.63. The van der Waals surface area contributed by atoms with Crippen LogP contribution in [0.5, 0.6) is 0 Å². The Hall–Kier alpha value is -0.720. The molecular weight excluding hydrogens is 530 g/mol. The standard InChI is InChI=1S/C22H42N2O11P2/c1-13(2)32-36(29,33-14(3)4)23-11-17(25)9-19(23)21(27)31-22(28)20-10-18(26)12-24(20)37(30,34-15(5)6)35-16(7)8/h13-20,25-26H,9-12H2,1-8H3/t17-,18-,19+,20+/m1/s1. The van der Waals surface area contributed by atoms with Crippen molar-refractivity contribution in [2.24, 2.45) is 0 Å². The Bertz CT molecular complexity index is 800. The normalized spacial score (nSPS) is 26.2. The summed E-state index contributed by atoms with van der Waals surface area (Å²) in [6.07, 6.45) is -4.51. The molecule has 216 valence electrons. The second-order valence-corrected chi connectivity index (χ2v) is 14.1. The molecule has 0 spiro atoms. The van der Waals surface area contributed by atoms with Gasteiger partial charge in [-0.05, 0) is 55.4 Å². The fourth-order valence-electron chi connectivity index (χ4n) is 4.16. The average Bonchev–Trinajstić information content (AvgIpc) is 3.29. The number of esters is 2. The van der Waals surface area contributed by atoms with Crippen molar-refractivity contribution in [3.05, 3.63) is 0 Å². The van der Waals surface area contributed by atoms with Crippen molar-refractivity contribution in [3.8, 4) is 0 Å². The Kier molecular flexibility index (Phi) is 11.5. The number of aliphatic hydroxyl groups is 2. The fraction of sp³-hybridized carbons (Fsp3) is 0.909. The largest absolute Gasteiger partial charge is 0.409 e. The molecule has 2 aliphatic rings. The van der Waals surface area contributed by atoms with Crippen LogP contribution in [-0.2, 0) is 41.6 Å². The van der Waals surface area contributed by atoms with Crippen molar-refractivity contribution >= 4 is 27.4 Å². The fourth-order valence-corrected chi connectivity index (χ4v) is 8.72.